The van der Waals surface area contributed by atoms with E-state index in [-0.39, 0.29) is 12.0 Å². The number of amides is 1. The van der Waals surface area contributed by atoms with E-state index in [0.717, 1.165) is 23.3 Å². The van der Waals surface area contributed by atoms with Gasteiger partial charge in [-0.3, -0.25) is 4.79 Å². The summed E-state index contributed by atoms with van der Waals surface area (Å²) >= 11 is 0. The van der Waals surface area contributed by atoms with Crippen molar-refractivity contribution in [2.45, 2.75) is 45.9 Å². The van der Waals surface area contributed by atoms with Gasteiger partial charge in [0.05, 0.1) is 0 Å². The zero-order valence-corrected chi connectivity index (χ0v) is 14.7. The maximum atomic E-state index is 11.3. The minimum atomic E-state index is -1.40. The molecule has 4 heteroatoms. The molecular formula is C20H25NO3. The molecule has 0 saturated carbocycles. The lowest BCUT2D eigenvalue weighted by Gasteiger charge is -2.27. The Morgan fingerprint density at radius 2 is 1.92 bits per heavy atom. The first-order valence-corrected chi connectivity index (χ1v) is 8.19. The van der Waals surface area contributed by atoms with E-state index in [0.29, 0.717) is 5.56 Å². The number of ether oxygens (including phenoxy) is 1. The molecule has 24 heavy (non-hydrogen) atoms. The lowest BCUT2D eigenvalue weighted by atomic mass is 9.96. The summed E-state index contributed by atoms with van der Waals surface area (Å²) < 4.78 is 6.02. The van der Waals surface area contributed by atoms with Gasteiger partial charge in [0.2, 0.25) is 5.91 Å². The molecule has 0 heterocycles. The van der Waals surface area contributed by atoms with Crippen LogP contribution in [0.5, 0.6) is 5.75 Å². The molecule has 2 aromatic carbocycles. The van der Waals surface area contributed by atoms with Crippen LogP contribution in [0.3, 0.4) is 0 Å². The summed E-state index contributed by atoms with van der Waals surface area (Å²) in [6, 6.07) is 15.6. The van der Waals surface area contributed by atoms with Gasteiger partial charge in [-0.2, -0.15) is 0 Å². The van der Waals surface area contributed by atoms with Crippen LogP contribution < -0.4 is 10.1 Å². The van der Waals surface area contributed by atoms with Crippen LogP contribution in [0.4, 0.5) is 0 Å². The van der Waals surface area contributed by atoms with E-state index >= 15 is 0 Å². The Balaban J connectivity index is 2.24. The fourth-order valence-electron chi connectivity index (χ4n) is 2.82. The summed E-state index contributed by atoms with van der Waals surface area (Å²) in [5.41, 5.74) is 1.32. The van der Waals surface area contributed by atoms with Crippen LogP contribution in [0.25, 0.3) is 0 Å². The fourth-order valence-corrected chi connectivity index (χ4v) is 2.82. The molecule has 0 aromatic heterocycles. The Labute approximate surface area is 143 Å². The van der Waals surface area contributed by atoms with Crippen LogP contribution in [-0.4, -0.2) is 11.0 Å². The molecule has 2 unspecified atom stereocenters. The first-order chi connectivity index (χ1) is 11.3. The van der Waals surface area contributed by atoms with Gasteiger partial charge in [0, 0.05) is 12.5 Å². The highest BCUT2D eigenvalue weighted by Gasteiger charge is 2.26. The van der Waals surface area contributed by atoms with Crippen molar-refractivity contribution in [2.24, 2.45) is 0 Å². The summed E-state index contributed by atoms with van der Waals surface area (Å²) in [4.78, 5) is 11.3. The number of hydrogen-bond donors (Lipinski definition) is 2. The van der Waals surface area contributed by atoms with Gasteiger partial charge in [-0.1, -0.05) is 43.3 Å². The van der Waals surface area contributed by atoms with Crippen molar-refractivity contribution in [1.82, 2.24) is 5.32 Å². The second-order valence-corrected chi connectivity index (χ2v) is 6.10. The zero-order chi connectivity index (χ0) is 17.7. The maximum Gasteiger partial charge on any atom is 0.219 e. The average molecular weight is 327 g/mol. The van der Waals surface area contributed by atoms with Crippen LogP contribution in [-0.2, 0) is 16.9 Å². The number of rotatable bonds is 6. The molecule has 0 aliphatic heterocycles. The number of carbonyl (C=O) groups is 1. The monoisotopic (exact) mass is 327 g/mol. The number of hydrogen-bond acceptors (Lipinski definition) is 3. The zero-order valence-electron chi connectivity index (χ0n) is 14.7. The number of aryl methyl sites for hydroxylation is 1. The SMILES string of the molecule is CCc1cc(OC(C)c2ccccc2)ccc1C(C)(O)NC(C)=O. The minimum absolute atomic E-state index is 0.0717. The van der Waals surface area contributed by atoms with E-state index in [1.54, 1.807) is 6.92 Å². The molecule has 2 N–H and O–H groups in total. The summed E-state index contributed by atoms with van der Waals surface area (Å²) in [7, 11) is 0. The van der Waals surface area contributed by atoms with E-state index in [2.05, 4.69) is 5.32 Å². The second-order valence-electron chi connectivity index (χ2n) is 6.10. The lowest BCUT2D eigenvalue weighted by Crippen LogP contribution is -2.42. The normalized spacial score (nSPS) is 14.5. The smallest absolute Gasteiger partial charge is 0.219 e. The number of nitrogens with one attached hydrogen (secondary N) is 1. The fraction of sp³-hybridized carbons (Fsp3) is 0.350. The van der Waals surface area contributed by atoms with Crippen LogP contribution in [0.15, 0.2) is 48.5 Å². The van der Waals surface area contributed by atoms with Gasteiger partial charge in [-0.05, 0) is 43.5 Å². The topological polar surface area (TPSA) is 58.6 Å². The minimum Gasteiger partial charge on any atom is -0.486 e. The van der Waals surface area contributed by atoms with Crippen molar-refractivity contribution in [2.75, 3.05) is 0 Å². The van der Waals surface area contributed by atoms with Gasteiger partial charge in [-0.15, -0.1) is 0 Å². The predicted molar refractivity (Wildman–Crippen MR) is 94.7 cm³/mol. The predicted octanol–water partition coefficient (Wildman–Crippen LogP) is 3.69. The second kappa shape index (κ2) is 7.49. The number of aliphatic hydroxyl groups is 1. The van der Waals surface area contributed by atoms with Gasteiger partial charge in [-0.25, -0.2) is 0 Å². The van der Waals surface area contributed by atoms with Gasteiger partial charge >= 0.3 is 0 Å². The van der Waals surface area contributed by atoms with Crippen molar-refractivity contribution in [3.05, 3.63) is 65.2 Å². The van der Waals surface area contributed by atoms with Gasteiger partial charge in [0.25, 0.3) is 0 Å². The summed E-state index contributed by atoms with van der Waals surface area (Å²) in [5.74, 6) is 0.464. The third-order valence-corrected chi connectivity index (χ3v) is 3.98. The molecule has 2 rings (SSSR count). The first kappa shape index (κ1) is 18.0. The molecule has 0 aliphatic rings. The molecule has 2 aromatic rings. The van der Waals surface area contributed by atoms with Crippen molar-refractivity contribution < 1.29 is 14.6 Å². The number of carbonyl (C=O) groups excluding carboxylic acids is 1. The van der Waals surface area contributed by atoms with E-state index < -0.39 is 5.72 Å². The van der Waals surface area contributed by atoms with Crippen molar-refractivity contribution >= 4 is 5.91 Å². The highest BCUT2D eigenvalue weighted by molar-refractivity contribution is 5.73. The standard InChI is InChI=1S/C20H25NO3/c1-5-16-13-18(24-14(2)17-9-7-6-8-10-17)11-12-19(16)20(4,23)21-15(3)22/h6-14,23H,5H2,1-4H3,(H,21,22). The Morgan fingerprint density at radius 1 is 1.25 bits per heavy atom. The third kappa shape index (κ3) is 4.36. The van der Waals surface area contributed by atoms with Crippen molar-refractivity contribution in [1.29, 1.82) is 0 Å². The molecule has 2 atom stereocenters. The van der Waals surface area contributed by atoms with Crippen molar-refractivity contribution in [3.8, 4) is 5.75 Å². The molecule has 0 fully saturated rings. The Kier molecular flexibility index (Phi) is 5.62. The van der Waals surface area contributed by atoms with E-state index in [1.807, 2.05) is 62.4 Å². The van der Waals surface area contributed by atoms with Crippen LogP contribution in [0, 0.1) is 0 Å². The van der Waals surface area contributed by atoms with Crippen LogP contribution in [0.2, 0.25) is 0 Å². The maximum absolute atomic E-state index is 11.3. The Bertz CT molecular complexity index is 695. The molecule has 0 aliphatic carbocycles. The molecule has 0 bridgehead atoms. The van der Waals surface area contributed by atoms with Crippen molar-refractivity contribution in [3.63, 3.8) is 0 Å². The molecule has 1 amide bonds. The third-order valence-electron chi connectivity index (χ3n) is 3.98. The number of benzene rings is 2. The van der Waals surface area contributed by atoms with E-state index in [9.17, 15) is 9.90 Å². The van der Waals surface area contributed by atoms with Gasteiger partial charge in [0.15, 0.2) is 5.72 Å². The van der Waals surface area contributed by atoms with E-state index in [4.69, 9.17) is 4.74 Å². The molecule has 128 valence electrons. The molecule has 0 saturated heterocycles. The van der Waals surface area contributed by atoms with Crippen LogP contribution >= 0.6 is 0 Å². The molecule has 0 spiro atoms. The molecular weight excluding hydrogens is 302 g/mol. The lowest BCUT2D eigenvalue weighted by molar-refractivity contribution is -0.126. The highest BCUT2D eigenvalue weighted by atomic mass is 16.5. The molecule has 4 nitrogen and oxygen atoms in total. The highest BCUT2D eigenvalue weighted by Crippen LogP contribution is 2.29. The summed E-state index contributed by atoms with van der Waals surface area (Å²) in [5, 5.41) is 13.1. The van der Waals surface area contributed by atoms with E-state index in [1.165, 1.54) is 6.92 Å². The average Bonchev–Trinajstić information content (AvgIpc) is 2.54. The van der Waals surface area contributed by atoms with Crippen LogP contribution in [0.1, 0.15) is 50.5 Å². The summed E-state index contributed by atoms with van der Waals surface area (Å²) in [6.45, 7) is 6.98. The largest absolute Gasteiger partial charge is 0.486 e. The van der Waals surface area contributed by atoms with Gasteiger partial charge < -0.3 is 15.2 Å². The Hall–Kier alpha value is -2.33. The summed E-state index contributed by atoms with van der Waals surface area (Å²) in [6.07, 6.45) is 0.653. The molecule has 0 radical (unpaired) electrons. The Morgan fingerprint density at radius 3 is 2.50 bits per heavy atom. The van der Waals surface area contributed by atoms with Gasteiger partial charge in [0.1, 0.15) is 11.9 Å². The first-order valence-electron chi connectivity index (χ1n) is 8.19. The quantitative estimate of drug-likeness (QED) is 0.796.